The normalized spacial score (nSPS) is 14.0. The Kier molecular flexibility index (Phi) is 17.6. The molecule has 92 heavy (non-hydrogen) atoms. The molecule has 0 aromatic heterocycles. The van der Waals surface area contributed by atoms with Gasteiger partial charge in [0.2, 0.25) is 5.91 Å². The maximum atomic E-state index is 13.7. The van der Waals surface area contributed by atoms with Gasteiger partial charge in [-0.2, -0.15) is 0 Å². The number of hydrogen-bond acceptors (Lipinski definition) is 1. The van der Waals surface area contributed by atoms with Crippen LogP contribution in [-0.4, -0.2) is 12.5 Å². The summed E-state index contributed by atoms with van der Waals surface area (Å²) in [5.41, 5.74) is 30.4. The fourth-order valence-corrected chi connectivity index (χ4v) is 12.6. The number of carbonyl (C=O) groups excluding carboxylic acids is 1. The topological polar surface area (TPSA) is 20.3 Å². The molecule has 9 aromatic rings. The lowest BCUT2D eigenvalue weighted by Crippen LogP contribution is -2.23. The Balaban J connectivity index is 1.09. The second-order valence-electron chi connectivity index (χ2n) is 35.4. The van der Waals surface area contributed by atoms with Gasteiger partial charge in [-0.1, -0.05) is 287 Å². The Labute approximate surface area is 556 Å². The predicted molar refractivity (Wildman–Crippen MR) is 401 cm³/mol. The standard InChI is InChI=1S/C90H107NO/c1-83(2,3)73-43-69(44-74(53-73)84(4,5)6)63-36-61(37-64(40-63)70-45-75(85(7,8)9)54-76(46-70)86(10,11)12)57-27-31-59(32-28-57)67-42-68(52-81(51-67)91-35-25-26-82(91)92)60-33-29-58(30-34-60)62-38-65(71-47-77(87(13,14)15)55-78(48-71)88(16,17)18)41-66(39-62)72-49-79(89(19,20)21)56-80(50-72)90(22,23)24/h27-34,36-56H,25-26,35H2,1-24H3. The van der Waals surface area contributed by atoms with Crippen molar-refractivity contribution < 1.29 is 4.79 Å². The van der Waals surface area contributed by atoms with Crippen molar-refractivity contribution in [3.8, 4) is 89.0 Å². The van der Waals surface area contributed by atoms with Crippen LogP contribution in [0.15, 0.2) is 176 Å². The van der Waals surface area contributed by atoms with Crippen molar-refractivity contribution in [3.05, 3.63) is 220 Å². The summed E-state index contributed by atoms with van der Waals surface area (Å²) in [6.07, 6.45) is 1.42. The van der Waals surface area contributed by atoms with Crippen LogP contribution < -0.4 is 4.90 Å². The van der Waals surface area contributed by atoms with Crippen LogP contribution in [0.5, 0.6) is 0 Å². The predicted octanol–water partition coefficient (Wildman–Crippen LogP) is 25.5. The molecule has 0 unspecified atom stereocenters. The Morgan fingerprint density at radius 3 is 0.543 bits per heavy atom. The van der Waals surface area contributed by atoms with Gasteiger partial charge in [0.25, 0.3) is 0 Å². The number of benzene rings is 9. The molecule has 0 saturated carbocycles. The minimum Gasteiger partial charge on any atom is -0.312 e. The van der Waals surface area contributed by atoms with Gasteiger partial charge in [0, 0.05) is 18.7 Å². The summed E-state index contributed by atoms with van der Waals surface area (Å²) >= 11 is 0. The van der Waals surface area contributed by atoms with Crippen molar-refractivity contribution in [2.24, 2.45) is 0 Å². The van der Waals surface area contributed by atoms with Crippen molar-refractivity contribution in [3.63, 3.8) is 0 Å². The third-order valence-corrected chi connectivity index (χ3v) is 19.3. The summed E-state index contributed by atoms with van der Waals surface area (Å²) in [6, 6.07) is 68.7. The lowest BCUT2D eigenvalue weighted by Gasteiger charge is -2.27. The van der Waals surface area contributed by atoms with Gasteiger partial charge in [0.1, 0.15) is 0 Å². The van der Waals surface area contributed by atoms with Gasteiger partial charge < -0.3 is 4.90 Å². The summed E-state index contributed by atoms with van der Waals surface area (Å²) in [4.78, 5) is 15.7. The van der Waals surface area contributed by atoms with Crippen LogP contribution in [0.25, 0.3) is 89.0 Å². The first-order chi connectivity index (χ1) is 42.4. The molecule has 478 valence electrons. The van der Waals surface area contributed by atoms with Gasteiger partial charge >= 0.3 is 0 Å². The SMILES string of the molecule is CC(C)(C)c1cc(-c2cc(-c3ccc(-c4cc(-c5ccc(-c6cc(-c7cc(C(C)(C)C)cc(C(C)(C)C)c7)cc(-c7cc(C(C)(C)C)cc(C(C)(C)C)c7)c6)cc5)cc(N5CCCC5=O)c4)cc3)cc(-c3cc(C(C)(C)C)cc(C(C)(C)C)c3)c2)cc(C(C)(C)C)c1. The molecule has 1 heterocycles. The highest BCUT2D eigenvalue weighted by molar-refractivity contribution is 5.97. The Morgan fingerprint density at radius 1 is 0.217 bits per heavy atom. The number of nitrogens with zero attached hydrogens (tertiary/aromatic N) is 1. The van der Waals surface area contributed by atoms with Gasteiger partial charge in [-0.3, -0.25) is 4.79 Å². The summed E-state index contributed by atoms with van der Waals surface area (Å²) in [6.45, 7) is 56.5. The van der Waals surface area contributed by atoms with Crippen LogP contribution in [0.1, 0.15) is 224 Å². The molecule has 0 bridgehead atoms. The molecule has 1 aliphatic heterocycles. The molecule has 2 nitrogen and oxygen atoms in total. The van der Waals surface area contributed by atoms with Crippen LogP contribution >= 0.6 is 0 Å². The highest BCUT2D eigenvalue weighted by Crippen LogP contribution is 2.45. The van der Waals surface area contributed by atoms with Gasteiger partial charge in [0.05, 0.1) is 0 Å². The van der Waals surface area contributed by atoms with E-state index in [0.717, 1.165) is 45.5 Å². The second-order valence-corrected chi connectivity index (χ2v) is 35.4. The first-order valence-corrected chi connectivity index (χ1v) is 34.1. The van der Waals surface area contributed by atoms with E-state index in [2.05, 4.69) is 342 Å². The molecular weight excluding hydrogens is 1110 g/mol. The van der Waals surface area contributed by atoms with Gasteiger partial charge in [-0.15, -0.1) is 0 Å². The minimum atomic E-state index is -0.0247. The Hall–Kier alpha value is -7.55. The van der Waals surface area contributed by atoms with E-state index >= 15 is 0 Å². The molecule has 10 rings (SSSR count). The fraction of sp³-hybridized carbons (Fsp3) is 0.389. The third kappa shape index (κ3) is 15.1. The van der Waals surface area contributed by atoms with E-state index in [1.54, 1.807) is 0 Å². The molecule has 9 aromatic carbocycles. The average molecular weight is 1220 g/mol. The van der Waals surface area contributed by atoms with Crippen LogP contribution in [-0.2, 0) is 48.1 Å². The summed E-state index contributed by atoms with van der Waals surface area (Å²) in [5.74, 6) is 0.181. The van der Waals surface area contributed by atoms with E-state index in [0.29, 0.717) is 13.0 Å². The monoisotopic (exact) mass is 1220 g/mol. The van der Waals surface area contributed by atoms with Crippen molar-refractivity contribution in [1.82, 2.24) is 0 Å². The van der Waals surface area contributed by atoms with Crippen LogP contribution in [0.3, 0.4) is 0 Å². The maximum Gasteiger partial charge on any atom is 0.227 e. The quantitative estimate of drug-likeness (QED) is 0.141. The highest BCUT2D eigenvalue weighted by Gasteiger charge is 2.28. The molecule has 0 radical (unpaired) electrons. The molecule has 2 heteroatoms. The van der Waals surface area contributed by atoms with Crippen molar-refractivity contribution in [2.75, 3.05) is 11.4 Å². The van der Waals surface area contributed by atoms with Crippen LogP contribution in [0.2, 0.25) is 0 Å². The largest absolute Gasteiger partial charge is 0.312 e. The first-order valence-electron chi connectivity index (χ1n) is 34.1. The van der Waals surface area contributed by atoms with Gasteiger partial charge in [-0.05, 0) is 238 Å². The Bertz CT molecular complexity index is 3660. The lowest BCUT2D eigenvalue weighted by atomic mass is 9.78. The highest BCUT2D eigenvalue weighted by atomic mass is 16.2. The fourth-order valence-electron chi connectivity index (χ4n) is 12.6. The van der Waals surface area contributed by atoms with Gasteiger partial charge in [-0.25, -0.2) is 0 Å². The van der Waals surface area contributed by atoms with Crippen LogP contribution in [0.4, 0.5) is 5.69 Å². The molecule has 0 spiro atoms. The third-order valence-electron chi connectivity index (χ3n) is 19.3. The molecule has 1 amide bonds. The summed E-state index contributed by atoms with van der Waals surface area (Å²) in [7, 11) is 0. The lowest BCUT2D eigenvalue weighted by molar-refractivity contribution is -0.117. The van der Waals surface area contributed by atoms with Crippen molar-refractivity contribution in [1.29, 1.82) is 0 Å². The number of anilines is 1. The molecule has 0 N–H and O–H groups in total. The molecule has 1 aliphatic rings. The number of hydrogen-bond donors (Lipinski definition) is 0. The van der Waals surface area contributed by atoms with Crippen molar-refractivity contribution in [2.45, 2.75) is 222 Å². The smallest absolute Gasteiger partial charge is 0.227 e. The van der Waals surface area contributed by atoms with E-state index in [1.165, 1.54) is 100 Å². The molecule has 0 aliphatic carbocycles. The first kappa shape index (κ1) is 67.3. The second kappa shape index (κ2) is 24.1. The zero-order chi connectivity index (χ0) is 67.2. The van der Waals surface area contributed by atoms with E-state index in [9.17, 15) is 4.79 Å². The average Bonchev–Trinajstić information content (AvgIpc) is 0.827. The summed E-state index contributed by atoms with van der Waals surface area (Å²) < 4.78 is 0. The van der Waals surface area contributed by atoms with E-state index < -0.39 is 0 Å². The number of rotatable bonds is 9. The molecular formula is C90H107NO. The van der Waals surface area contributed by atoms with Crippen molar-refractivity contribution >= 4 is 11.6 Å². The molecule has 0 atom stereocenters. The maximum absolute atomic E-state index is 13.7. The number of amides is 1. The molecule has 1 fully saturated rings. The molecule has 1 saturated heterocycles. The van der Waals surface area contributed by atoms with E-state index in [4.69, 9.17) is 0 Å². The minimum absolute atomic E-state index is 0.0247. The van der Waals surface area contributed by atoms with Gasteiger partial charge in [0.15, 0.2) is 0 Å². The van der Waals surface area contributed by atoms with E-state index in [1.807, 2.05) is 4.90 Å². The van der Waals surface area contributed by atoms with Crippen LogP contribution in [0, 0.1) is 0 Å². The zero-order valence-corrected chi connectivity index (χ0v) is 60.7. The number of carbonyl (C=O) groups is 1. The summed E-state index contributed by atoms with van der Waals surface area (Å²) in [5, 5.41) is 0. The zero-order valence-electron chi connectivity index (χ0n) is 60.7. The van der Waals surface area contributed by atoms with E-state index in [-0.39, 0.29) is 49.2 Å². The Morgan fingerprint density at radius 2 is 0.380 bits per heavy atom.